The Kier molecular flexibility index (Phi) is 7.00. The fourth-order valence-electron chi connectivity index (χ4n) is 4.27. The number of methoxy groups -OCH3 is 3. The van der Waals surface area contributed by atoms with Crippen LogP contribution in [-0.4, -0.2) is 71.0 Å². The molecule has 32 heavy (non-hydrogen) atoms. The molecule has 9 heteroatoms. The number of hydrogen-bond acceptors (Lipinski definition) is 6. The van der Waals surface area contributed by atoms with Crippen LogP contribution in [0, 0.1) is 20.8 Å². The summed E-state index contributed by atoms with van der Waals surface area (Å²) in [5.41, 5.74) is 2.83. The van der Waals surface area contributed by atoms with Gasteiger partial charge in [0.25, 0.3) is 5.91 Å². The Morgan fingerprint density at radius 2 is 1.41 bits per heavy atom. The van der Waals surface area contributed by atoms with Crippen LogP contribution in [0.3, 0.4) is 0 Å². The Morgan fingerprint density at radius 3 is 1.91 bits per heavy atom. The molecule has 0 saturated carbocycles. The first kappa shape index (κ1) is 23.9. The lowest BCUT2D eigenvalue weighted by Gasteiger charge is -2.35. The molecular formula is C23H30N2O6S. The summed E-state index contributed by atoms with van der Waals surface area (Å²) in [5, 5.41) is 0. The van der Waals surface area contributed by atoms with Crippen LogP contribution < -0.4 is 14.2 Å². The first-order valence-electron chi connectivity index (χ1n) is 10.3. The summed E-state index contributed by atoms with van der Waals surface area (Å²) >= 11 is 0. The minimum absolute atomic E-state index is 0.219. The van der Waals surface area contributed by atoms with Gasteiger partial charge in [-0.25, -0.2) is 8.42 Å². The third-order valence-electron chi connectivity index (χ3n) is 5.66. The summed E-state index contributed by atoms with van der Waals surface area (Å²) in [7, 11) is 0.800. The van der Waals surface area contributed by atoms with Gasteiger partial charge in [0.2, 0.25) is 15.8 Å². The van der Waals surface area contributed by atoms with Crippen LogP contribution in [0.1, 0.15) is 27.0 Å². The van der Waals surface area contributed by atoms with Crippen LogP contribution in [0.25, 0.3) is 0 Å². The molecule has 0 radical (unpaired) electrons. The van der Waals surface area contributed by atoms with Crippen LogP contribution in [0.2, 0.25) is 0 Å². The molecule has 0 bridgehead atoms. The van der Waals surface area contributed by atoms with Gasteiger partial charge in [-0.05, 0) is 44.0 Å². The van der Waals surface area contributed by atoms with Crippen molar-refractivity contribution >= 4 is 15.9 Å². The average molecular weight is 463 g/mol. The van der Waals surface area contributed by atoms with Gasteiger partial charge in [-0.15, -0.1) is 0 Å². The van der Waals surface area contributed by atoms with Crippen LogP contribution in [0.4, 0.5) is 0 Å². The molecule has 1 heterocycles. The van der Waals surface area contributed by atoms with Crippen LogP contribution >= 0.6 is 0 Å². The van der Waals surface area contributed by atoms with Crippen molar-refractivity contribution in [1.29, 1.82) is 0 Å². The Bertz CT molecular complexity index is 1100. The molecular weight excluding hydrogens is 432 g/mol. The van der Waals surface area contributed by atoms with Crippen molar-refractivity contribution < 1.29 is 27.4 Å². The number of benzene rings is 2. The smallest absolute Gasteiger partial charge is 0.257 e. The predicted molar refractivity (Wildman–Crippen MR) is 121 cm³/mol. The van der Waals surface area contributed by atoms with E-state index in [1.165, 1.54) is 25.6 Å². The standard InChI is InChI=1S/C23H30N2O6S/c1-15-13-16(2)22(17(3)14-15)32(27,28)25-11-9-24(10-12-25)23(26)18-7-8-19(29-4)21(31-6)20(18)30-5/h7-8,13-14H,9-12H2,1-6H3. The number of ether oxygens (including phenoxy) is 3. The van der Waals surface area contributed by atoms with E-state index < -0.39 is 10.0 Å². The van der Waals surface area contributed by atoms with Crippen molar-refractivity contribution in [3.63, 3.8) is 0 Å². The molecule has 1 saturated heterocycles. The van der Waals surface area contributed by atoms with E-state index in [1.807, 2.05) is 32.9 Å². The highest BCUT2D eigenvalue weighted by atomic mass is 32.2. The molecule has 2 aromatic carbocycles. The fourth-order valence-corrected chi connectivity index (χ4v) is 6.11. The molecule has 0 N–H and O–H groups in total. The zero-order valence-electron chi connectivity index (χ0n) is 19.4. The van der Waals surface area contributed by atoms with Crippen LogP contribution in [0.15, 0.2) is 29.2 Å². The van der Waals surface area contributed by atoms with Crippen molar-refractivity contribution in [3.05, 3.63) is 46.5 Å². The zero-order valence-corrected chi connectivity index (χ0v) is 20.2. The molecule has 1 fully saturated rings. The van der Waals surface area contributed by atoms with Crippen molar-refractivity contribution in [1.82, 2.24) is 9.21 Å². The molecule has 0 spiro atoms. The monoisotopic (exact) mass is 462 g/mol. The normalized spacial score (nSPS) is 14.9. The number of carbonyl (C=O) groups excluding carboxylic acids is 1. The maximum absolute atomic E-state index is 13.3. The molecule has 0 aromatic heterocycles. The third-order valence-corrected chi connectivity index (χ3v) is 7.87. The Labute approximate surface area is 189 Å². The first-order valence-corrected chi connectivity index (χ1v) is 11.8. The summed E-state index contributed by atoms with van der Waals surface area (Å²) in [5.74, 6) is 0.841. The zero-order chi connectivity index (χ0) is 23.6. The molecule has 174 valence electrons. The lowest BCUT2D eigenvalue weighted by molar-refractivity contribution is 0.0693. The quantitative estimate of drug-likeness (QED) is 0.656. The van der Waals surface area contributed by atoms with E-state index in [0.717, 1.165) is 16.7 Å². The molecule has 0 aliphatic carbocycles. The molecule has 8 nitrogen and oxygen atoms in total. The fraction of sp³-hybridized carbons (Fsp3) is 0.435. The molecule has 3 rings (SSSR count). The van der Waals surface area contributed by atoms with Gasteiger partial charge in [-0.1, -0.05) is 17.7 Å². The van der Waals surface area contributed by atoms with E-state index >= 15 is 0 Å². The van der Waals surface area contributed by atoms with E-state index in [4.69, 9.17) is 14.2 Å². The highest BCUT2D eigenvalue weighted by molar-refractivity contribution is 7.89. The van der Waals surface area contributed by atoms with Gasteiger partial charge >= 0.3 is 0 Å². The van der Waals surface area contributed by atoms with E-state index in [0.29, 0.717) is 22.0 Å². The molecule has 2 aromatic rings. The second-order valence-electron chi connectivity index (χ2n) is 7.81. The number of piperazine rings is 1. The first-order chi connectivity index (χ1) is 15.1. The van der Waals surface area contributed by atoms with Gasteiger partial charge in [0.1, 0.15) is 0 Å². The highest BCUT2D eigenvalue weighted by Crippen LogP contribution is 2.40. The summed E-state index contributed by atoms with van der Waals surface area (Å²) in [4.78, 5) is 15.2. The number of aryl methyl sites for hydroxylation is 3. The lowest BCUT2D eigenvalue weighted by Crippen LogP contribution is -2.50. The maximum Gasteiger partial charge on any atom is 0.257 e. The van der Waals surface area contributed by atoms with Gasteiger partial charge in [-0.3, -0.25) is 4.79 Å². The summed E-state index contributed by atoms with van der Waals surface area (Å²) in [6.45, 7) is 6.57. The van der Waals surface area contributed by atoms with E-state index in [2.05, 4.69) is 0 Å². The number of nitrogens with zero attached hydrogens (tertiary/aromatic N) is 2. The number of sulfonamides is 1. The van der Waals surface area contributed by atoms with Crippen molar-refractivity contribution in [2.75, 3.05) is 47.5 Å². The Balaban J connectivity index is 1.81. The SMILES string of the molecule is COc1ccc(C(=O)N2CCN(S(=O)(=O)c3c(C)cc(C)cc3C)CC2)c(OC)c1OC. The Hall–Kier alpha value is -2.78. The van der Waals surface area contributed by atoms with Crippen molar-refractivity contribution in [3.8, 4) is 17.2 Å². The largest absolute Gasteiger partial charge is 0.493 e. The van der Waals surface area contributed by atoms with Gasteiger partial charge in [0.15, 0.2) is 11.5 Å². The van der Waals surface area contributed by atoms with Crippen molar-refractivity contribution in [2.24, 2.45) is 0 Å². The highest BCUT2D eigenvalue weighted by Gasteiger charge is 2.33. The van der Waals surface area contributed by atoms with Crippen LogP contribution in [-0.2, 0) is 10.0 Å². The minimum atomic E-state index is -3.65. The average Bonchev–Trinajstić information content (AvgIpc) is 2.76. The minimum Gasteiger partial charge on any atom is -0.493 e. The van der Waals surface area contributed by atoms with Gasteiger partial charge in [0.05, 0.1) is 31.8 Å². The maximum atomic E-state index is 13.3. The lowest BCUT2D eigenvalue weighted by atomic mass is 10.1. The summed E-state index contributed by atoms with van der Waals surface area (Å²) in [6, 6.07) is 7.04. The molecule has 0 atom stereocenters. The van der Waals surface area contributed by atoms with Gasteiger partial charge in [-0.2, -0.15) is 4.31 Å². The van der Waals surface area contributed by atoms with Crippen molar-refractivity contribution in [2.45, 2.75) is 25.7 Å². The molecule has 1 aliphatic rings. The van der Waals surface area contributed by atoms with Crippen LogP contribution in [0.5, 0.6) is 17.2 Å². The van der Waals surface area contributed by atoms with Gasteiger partial charge < -0.3 is 19.1 Å². The number of hydrogen-bond donors (Lipinski definition) is 0. The summed E-state index contributed by atoms with van der Waals surface area (Å²) < 4.78 is 44.2. The number of amides is 1. The number of rotatable bonds is 6. The molecule has 1 amide bonds. The molecule has 0 unspecified atom stereocenters. The third kappa shape index (κ3) is 4.27. The second-order valence-corrected chi connectivity index (χ2v) is 9.68. The van der Waals surface area contributed by atoms with Gasteiger partial charge in [0, 0.05) is 26.2 Å². The van der Waals surface area contributed by atoms with E-state index in [1.54, 1.807) is 17.0 Å². The molecule has 1 aliphatic heterocycles. The van der Waals surface area contributed by atoms with E-state index in [-0.39, 0.29) is 37.8 Å². The Morgan fingerprint density at radius 1 is 0.844 bits per heavy atom. The summed E-state index contributed by atoms with van der Waals surface area (Å²) in [6.07, 6.45) is 0. The predicted octanol–water partition coefficient (Wildman–Crippen LogP) is 2.78. The number of carbonyl (C=O) groups is 1. The topological polar surface area (TPSA) is 85.4 Å². The second kappa shape index (κ2) is 9.38. The van der Waals surface area contributed by atoms with E-state index in [9.17, 15) is 13.2 Å².